The van der Waals surface area contributed by atoms with Crippen LogP contribution in [-0.4, -0.2) is 48.9 Å². The van der Waals surface area contributed by atoms with Gasteiger partial charge in [-0.1, -0.05) is 24.3 Å². The minimum atomic E-state index is -1.02. The molecule has 0 aromatic heterocycles. The number of aryl methyl sites for hydroxylation is 1. The summed E-state index contributed by atoms with van der Waals surface area (Å²) in [5.41, 5.74) is 2.06. The third-order valence-electron chi connectivity index (χ3n) is 5.66. The van der Waals surface area contributed by atoms with Crippen LogP contribution in [0.25, 0.3) is 11.1 Å². The van der Waals surface area contributed by atoms with Crippen molar-refractivity contribution in [3.63, 3.8) is 0 Å². The van der Waals surface area contributed by atoms with Crippen molar-refractivity contribution in [1.29, 1.82) is 0 Å². The number of nitrogens with one attached hydrogen (secondary N) is 1. The van der Waals surface area contributed by atoms with Gasteiger partial charge in [-0.3, -0.25) is 14.4 Å². The van der Waals surface area contributed by atoms with Crippen LogP contribution in [0, 0.1) is 5.82 Å². The van der Waals surface area contributed by atoms with E-state index in [0.29, 0.717) is 40.3 Å². The summed E-state index contributed by atoms with van der Waals surface area (Å²) in [7, 11) is 1.54. The van der Waals surface area contributed by atoms with Gasteiger partial charge in [0.1, 0.15) is 23.8 Å². The first-order valence-corrected chi connectivity index (χ1v) is 12.8. The summed E-state index contributed by atoms with van der Waals surface area (Å²) in [6, 6.07) is 16.0. The number of carboxylic acids is 1. The highest BCUT2D eigenvalue weighted by Crippen LogP contribution is 2.29. The number of rotatable bonds is 12. The molecule has 0 unspecified atom stereocenters. The van der Waals surface area contributed by atoms with Gasteiger partial charge in [-0.2, -0.15) is 0 Å². The minimum Gasteiger partial charge on any atom is -0.491 e. The molecule has 0 radical (unpaired) electrons. The maximum Gasteiger partial charge on any atom is 0.307 e. The average Bonchev–Trinajstić information content (AvgIpc) is 2.87. The Balaban J connectivity index is 1.92. The Bertz CT molecular complexity index is 1360. The van der Waals surface area contributed by atoms with E-state index in [-0.39, 0.29) is 37.4 Å². The van der Waals surface area contributed by atoms with Gasteiger partial charge in [-0.25, -0.2) is 4.39 Å². The second-order valence-corrected chi connectivity index (χ2v) is 10.2. The molecule has 40 heavy (non-hydrogen) atoms. The van der Waals surface area contributed by atoms with Gasteiger partial charge in [0, 0.05) is 24.8 Å². The molecule has 3 aromatic carbocycles. The fourth-order valence-electron chi connectivity index (χ4n) is 3.98. The standard InChI is InChI=1S/C31H34FNO7/c1-31(2,3)40-29(36)10-9-20-13-22(16-25(32)14-20)23-15-24(18-26(17-23)39-12-11-38-4)30(37)33-27-8-6-5-7-21(27)19-28(34)35/h5-8,13-18H,9-12,19H2,1-4H3,(H,33,37)(H,34,35). The molecule has 1 amide bonds. The van der Waals surface area contributed by atoms with Gasteiger partial charge in [-0.15, -0.1) is 0 Å². The Morgan fingerprint density at radius 3 is 2.38 bits per heavy atom. The molecule has 0 bridgehead atoms. The molecule has 0 atom stereocenters. The van der Waals surface area contributed by atoms with Gasteiger partial charge in [0.15, 0.2) is 0 Å². The zero-order chi connectivity index (χ0) is 29.3. The summed E-state index contributed by atoms with van der Waals surface area (Å²) in [6.07, 6.45) is 0.110. The van der Waals surface area contributed by atoms with Crippen LogP contribution >= 0.6 is 0 Å². The van der Waals surface area contributed by atoms with Crippen molar-refractivity contribution >= 4 is 23.5 Å². The zero-order valence-electron chi connectivity index (χ0n) is 23.1. The molecule has 3 rings (SSSR count). The van der Waals surface area contributed by atoms with Crippen LogP contribution in [0.3, 0.4) is 0 Å². The molecule has 212 valence electrons. The molecule has 0 saturated carbocycles. The van der Waals surface area contributed by atoms with Crippen LogP contribution in [-0.2, 0) is 31.9 Å². The lowest BCUT2D eigenvalue weighted by atomic mass is 9.98. The van der Waals surface area contributed by atoms with Crippen LogP contribution < -0.4 is 10.1 Å². The Morgan fingerprint density at radius 2 is 1.68 bits per heavy atom. The highest BCUT2D eigenvalue weighted by molar-refractivity contribution is 6.06. The van der Waals surface area contributed by atoms with Gasteiger partial charge >= 0.3 is 11.9 Å². The number of halogens is 1. The molecule has 8 nitrogen and oxygen atoms in total. The lowest BCUT2D eigenvalue weighted by molar-refractivity contribution is -0.154. The van der Waals surface area contributed by atoms with Crippen molar-refractivity contribution in [1.82, 2.24) is 0 Å². The summed E-state index contributed by atoms with van der Waals surface area (Å²) < 4.78 is 30.8. The topological polar surface area (TPSA) is 111 Å². The van der Waals surface area contributed by atoms with E-state index in [0.717, 1.165) is 0 Å². The number of benzene rings is 3. The normalized spacial score (nSPS) is 11.1. The highest BCUT2D eigenvalue weighted by atomic mass is 19.1. The predicted molar refractivity (Wildman–Crippen MR) is 149 cm³/mol. The number of anilines is 1. The number of ether oxygens (including phenoxy) is 3. The van der Waals surface area contributed by atoms with Crippen molar-refractivity contribution in [3.05, 3.63) is 83.2 Å². The quantitative estimate of drug-likeness (QED) is 0.220. The molecule has 0 saturated heterocycles. The molecule has 0 fully saturated rings. The van der Waals surface area contributed by atoms with Crippen molar-refractivity contribution in [2.75, 3.05) is 25.6 Å². The SMILES string of the molecule is COCCOc1cc(C(=O)Nc2ccccc2CC(=O)O)cc(-c2cc(F)cc(CCC(=O)OC(C)(C)C)c2)c1. The summed E-state index contributed by atoms with van der Waals surface area (Å²) in [5, 5.41) is 12.0. The Kier molecular flexibility index (Phi) is 10.4. The van der Waals surface area contributed by atoms with Crippen molar-refractivity contribution in [3.8, 4) is 16.9 Å². The Morgan fingerprint density at radius 1 is 0.950 bits per heavy atom. The maximum absolute atomic E-state index is 14.7. The van der Waals surface area contributed by atoms with Gasteiger partial charge in [0.25, 0.3) is 5.91 Å². The Labute approximate surface area is 233 Å². The van der Waals surface area contributed by atoms with E-state index < -0.39 is 23.3 Å². The molecule has 0 aliphatic heterocycles. The fourth-order valence-corrected chi connectivity index (χ4v) is 3.98. The summed E-state index contributed by atoms with van der Waals surface area (Å²) in [4.78, 5) is 36.7. The molecule has 0 aliphatic carbocycles. The highest BCUT2D eigenvalue weighted by Gasteiger charge is 2.17. The second kappa shape index (κ2) is 13.7. The number of aliphatic carboxylic acids is 1. The number of carboxylic acid groups (broad SMARTS) is 1. The third-order valence-corrected chi connectivity index (χ3v) is 5.66. The second-order valence-electron chi connectivity index (χ2n) is 10.2. The molecular formula is C31H34FNO7. The number of carbonyl (C=O) groups is 3. The number of hydrogen-bond donors (Lipinski definition) is 2. The van der Waals surface area contributed by atoms with Crippen LogP contribution in [0.2, 0.25) is 0 Å². The van der Waals surface area contributed by atoms with E-state index >= 15 is 0 Å². The van der Waals surface area contributed by atoms with Crippen LogP contribution in [0.15, 0.2) is 60.7 Å². The Hall–Kier alpha value is -4.24. The van der Waals surface area contributed by atoms with Crippen LogP contribution in [0.1, 0.15) is 48.7 Å². The summed E-state index contributed by atoms with van der Waals surface area (Å²) >= 11 is 0. The number of carbonyl (C=O) groups excluding carboxylic acids is 2. The first-order chi connectivity index (χ1) is 18.9. The van der Waals surface area contributed by atoms with Crippen LogP contribution in [0.4, 0.5) is 10.1 Å². The number of amides is 1. The average molecular weight is 552 g/mol. The van der Waals surface area contributed by atoms with E-state index in [1.165, 1.54) is 12.1 Å². The molecule has 9 heteroatoms. The number of para-hydroxylation sites is 1. The van der Waals surface area contributed by atoms with E-state index in [9.17, 15) is 23.9 Å². The van der Waals surface area contributed by atoms with Crippen molar-refractivity contribution in [2.45, 2.75) is 45.6 Å². The van der Waals surface area contributed by atoms with Gasteiger partial charge in [0.2, 0.25) is 0 Å². The summed E-state index contributed by atoms with van der Waals surface area (Å²) in [5.74, 6) is -2.01. The van der Waals surface area contributed by atoms with E-state index in [1.807, 2.05) is 0 Å². The first kappa shape index (κ1) is 30.3. The lowest BCUT2D eigenvalue weighted by Gasteiger charge is -2.19. The van der Waals surface area contributed by atoms with Crippen LogP contribution in [0.5, 0.6) is 5.75 Å². The molecule has 0 heterocycles. The molecule has 2 N–H and O–H groups in total. The van der Waals surface area contributed by atoms with Gasteiger partial charge in [0.05, 0.1) is 13.0 Å². The van der Waals surface area contributed by atoms with E-state index in [4.69, 9.17) is 14.2 Å². The zero-order valence-corrected chi connectivity index (χ0v) is 23.1. The fraction of sp³-hybridized carbons (Fsp3) is 0.323. The third kappa shape index (κ3) is 9.50. The predicted octanol–water partition coefficient (Wildman–Crippen LogP) is 5.67. The van der Waals surface area contributed by atoms with Crippen molar-refractivity contribution in [2.24, 2.45) is 0 Å². The van der Waals surface area contributed by atoms with E-state index in [1.54, 1.807) is 76.4 Å². The summed E-state index contributed by atoms with van der Waals surface area (Å²) in [6.45, 7) is 5.90. The van der Waals surface area contributed by atoms with E-state index in [2.05, 4.69) is 5.32 Å². The lowest BCUT2D eigenvalue weighted by Crippen LogP contribution is -2.24. The smallest absolute Gasteiger partial charge is 0.307 e. The number of hydrogen-bond acceptors (Lipinski definition) is 6. The van der Waals surface area contributed by atoms with Gasteiger partial charge in [-0.05, 0) is 85.8 Å². The number of methoxy groups -OCH3 is 1. The number of esters is 1. The molecule has 3 aromatic rings. The molecular weight excluding hydrogens is 517 g/mol. The van der Waals surface area contributed by atoms with Crippen molar-refractivity contribution < 1.29 is 38.1 Å². The monoisotopic (exact) mass is 551 g/mol. The minimum absolute atomic E-state index is 0.0870. The van der Waals surface area contributed by atoms with Gasteiger partial charge < -0.3 is 24.6 Å². The maximum atomic E-state index is 14.7. The largest absolute Gasteiger partial charge is 0.491 e. The first-order valence-electron chi connectivity index (χ1n) is 12.8. The molecule has 0 spiro atoms. The molecule has 0 aliphatic rings.